The first-order chi connectivity index (χ1) is 11.9. The number of anilines is 1. The molecule has 1 aromatic carbocycles. The number of carbonyl (C=O) groups excluding carboxylic acids is 1. The molecule has 3 heterocycles. The maximum absolute atomic E-state index is 13.8. The third-order valence-electron chi connectivity index (χ3n) is 4.62. The molecule has 4 rings (SSSR count). The maximum Gasteiger partial charge on any atom is 0.337 e. The fraction of sp³-hybridized carbons (Fsp3) is 0.235. The van der Waals surface area contributed by atoms with Crippen LogP contribution in [0.2, 0.25) is 0 Å². The molecule has 8 heteroatoms. The first-order valence-electron chi connectivity index (χ1n) is 7.62. The second-order valence-electron chi connectivity index (χ2n) is 6.05. The van der Waals surface area contributed by atoms with Crippen LogP contribution in [-0.4, -0.2) is 21.7 Å². The van der Waals surface area contributed by atoms with Gasteiger partial charge in [0.2, 0.25) is 0 Å². The van der Waals surface area contributed by atoms with E-state index in [0.29, 0.717) is 17.1 Å². The number of aromatic nitrogens is 2. The van der Waals surface area contributed by atoms with Crippen molar-refractivity contribution < 1.29 is 13.9 Å². The van der Waals surface area contributed by atoms with E-state index in [2.05, 4.69) is 5.32 Å². The minimum Gasteiger partial charge on any atom is -0.456 e. The summed E-state index contributed by atoms with van der Waals surface area (Å²) in [5, 5.41) is 2.97. The van der Waals surface area contributed by atoms with Crippen LogP contribution in [-0.2, 0) is 23.6 Å². The normalized spacial score (nSPS) is 18.5. The number of hydrogen-bond donors (Lipinski definition) is 1. The minimum absolute atomic E-state index is 0.0167. The molecule has 1 aromatic heterocycles. The molecule has 2 aliphatic rings. The van der Waals surface area contributed by atoms with E-state index in [1.807, 2.05) is 0 Å². The van der Waals surface area contributed by atoms with Crippen LogP contribution in [0.15, 0.2) is 45.1 Å². The average Bonchev–Trinajstić information content (AvgIpc) is 2.97. The minimum atomic E-state index is -0.803. The Bertz CT molecular complexity index is 1080. The maximum atomic E-state index is 13.8. The lowest BCUT2D eigenvalue weighted by molar-refractivity contribution is -0.136. The van der Waals surface area contributed by atoms with Crippen LogP contribution in [0.1, 0.15) is 17.0 Å². The van der Waals surface area contributed by atoms with Gasteiger partial charge in [-0.25, -0.2) is 14.0 Å². The third kappa shape index (κ3) is 2.07. The van der Waals surface area contributed by atoms with E-state index in [1.54, 1.807) is 6.07 Å². The third-order valence-corrected chi connectivity index (χ3v) is 4.62. The van der Waals surface area contributed by atoms with Crippen LogP contribution in [0, 0.1) is 5.82 Å². The van der Waals surface area contributed by atoms with Crippen molar-refractivity contribution in [3.05, 3.63) is 73.3 Å². The van der Waals surface area contributed by atoms with Crippen molar-refractivity contribution in [2.75, 3.05) is 11.9 Å². The lowest BCUT2D eigenvalue weighted by Crippen LogP contribution is -2.43. The van der Waals surface area contributed by atoms with Gasteiger partial charge in [0.25, 0.3) is 5.56 Å². The lowest BCUT2D eigenvalue weighted by Gasteiger charge is -2.28. The summed E-state index contributed by atoms with van der Waals surface area (Å²) < 4.78 is 21.1. The molecule has 7 nitrogen and oxygen atoms in total. The summed E-state index contributed by atoms with van der Waals surface area (Å²) in [4.78, 5) is 37.3. The Labute approximate surface area is 141 Å². The number of fused-ring (bicyclic) bond motifs is 1. The molecule has 2 aliphatic heterocycles. The number of benzene rings is 1. The summed E-state index contributed by atoms with van der Waals surface area (Å²) in [6, 6.07) is 5.72. The Morgan fingerprint density at radius 2 is 1.96 bits per heavy atom. The van der Waals surface area contributed by atoms with Crippen LogP contribution in [0.5, 0.6) is 0 Å². The zero-order valence-electron chi connectivity index (χ0n) is 13.5. The largest absolute Gasteiger partial charge is 0.456 e. The van der Waals surface area contributed by atoms with Crippen molar-refractivity contribution in [2.24, 2.45) is 14.1 Å². The Morgan fingerprint density at radius 1 is 1.20 bits per heavy atom. The highest BCUT2D eigenvalue weighted by atomic mass is 19.1. The molecule has 2 aromatic rings. The molecular formula is C17H14FN3O4. The highest BCUT2D eigenvalue weighted by Gasteiger charge is 2.41. The van der Waals surface area contributed by atoms with Crippen LogP contribution in [0.3, 0.4) is 0 Å². The van der Waals surface area contributed by atoms with E-state index >= 15 is 0 Å². The second kappa shape index (κ2) is 5.17. The molecule has 128 valence electrons. The van der Waals surface area contributed by atoms with Crippen molar-refractivity contribution in [1.82, 2.24) is 9.13 Å². The summed E-state index contributed by atoms with van der Waals surface area (Å²) in [6.07, 6.45) is 0. The summed E-state index contributed by atoms with van der Waals surface area (Å²) in [5.74, 6) is -1.55. The Morgan fingerprint density at radius 3 is 2.68 bits per heavy atom. The highest BCUT2D eigenvalue weighted by molar-refractivity contribution is 5.96. The number of rotatable bonds is 1. The van der Waals surface area contributed by atoms with Gasteiger partial charge in [-0.3, -0.25) is 13.9 Å². The standard InChI is InChI=1S/C17H14FN3O4/c1-20-14-13(15(22)21(2)17(20)24)11(8-4-3-5-9(18)6-8)12-10(19-14)7-25-16(12)23/h3-6,11,19H,7H2,1-2H3/t11-/m0/s1. The van der Waals surface area contributed by atoms with Gasteiger partial charge in [-0.05, 0) is 17.7 Å². The Kier molecular flexibility index (Phi) is 3.18. The zero-order valence-corrected chi connectivity index (χ0v) is 13.5. The van der Waals surface area contributed by atoms with Crippen LogP contribution in [0.4, 0.5) is 10.2 Å². The zero-order chi connectivity index (χ0) is 17.9. The number of ether oxygens (including phenoxy) is 1. The molecule has 0 aliphatic carbocycles. The van der Waals surface area contributed by atoms with Gasteiger partial charge >= 0.3 is 11.7 Å². The van der Waals surface area contributed by atoms with Crippen LogP contribution < -0.4 is 16.6 Å². The molecule has 0 bridgehead atoms. The number of esters is 1. The van der Waals surface area contributed by atoms with Gasteiger partial charge in [0.15, 0.2) is 0 Å². The number of halogens is 1. The van der Waals surface area contributed by atoms with Gasteiger partial charge in [-0.15, -0.1) is 0 Å². The van der Waals surface area contributed by atoms with E-state index in [4.69, 9.17) is 4.74 Å². The van der Waals surface area contributed by atoms with Gasteiger partial charge in [-0.1, -0.05) is 12.1 Å². The van der Waals surface area contributed by atoms with Gasteiger partial charge < -0.3 is 10.1 Å². The molecule has 0 saturated heterocycles. The fourth-order valence-electron chi connectivity index (χ4n) is 3.40. The van der Waals surface area contributed by atoms with Crippen molar-refractivity contribution in [3.63, 3.8) is 0 Å². The molecule has 25 heavy (non-hydrogen) atoms. The van der Waals surface area contributed by atoms with E-state index in [0.717, 1.165) is 4.57 Å². The van der Waals surface area contributed by atoms with E-state index < -0.39 is 29.0 Å². The molecule has 0 saturated carbocycles. The molecule has 1 N–H and O–H groups in total. The van der Waals surface area contributed by atoms with Gasteiger partial charge in [0, 0.05) is 14.1 Å². The van der Waals surface area contributed by atoms with Crippen LogP contribution >= 0.6 is 0 Å². The summed E-state index contributed by atoms with van der Waals surface area (Å²) in [5.41, 5.74) is 0.385. The van der Waals surface area contributed by atoms with Gasteiger partial charge in [0.1, 0.15) is 18.2 Å². The van der Waals surface area contributed by atoms with Crippen molar-refractivity contribution in [2.45, 2.75) is 5.92 Å². The SMILES string of the molecule is Cn1c2c(c(=O)n(C)c1=O)[C@@H](c1cccc(F)c1)C1=C(COC1=O)N2. The molecule has 0 amide bonds. The van der Waals surface area contributed by atoms with E-state index in [-0.39, 0.29) is 17.7 Å². The predicted octanol–water partition coefficient (Wildman–Crippen LogP) is 0.591. The Balaban J connectivity index is 2.10. The molecule has 0 unspecified atom stereocenters. The monoisotopic (exact) mass is 343 g/mol. The lowest BCUT2D eigenvalue weighted by atomic mass is 9.82. The predicted molar refractivity (Wildman–Crippen MR) is 86.8 cm³/mol. The smallest absolute Gasteiger partial charge is 0.337 e. The first kappa shape index (κ1) is 15.4. The number of cyclic esters (lactones) is 1. The van der Waals surface area contributed by atoms with Crippen molar-refractivity contribution in [3.8, 4) is 0 Å². The summed E-state index contributed by atoms with van der Waals surface area (Å²) in [6.45, 7) is 0.0167. The van der Waals surface area contributed by atoms with Gasteiger partial charge in [0.05, 0.1) is 22.8 Å². The van der Waals surface area contributed by atoms with E-state index in [1.165, 1.54) is 36.9 Å². The molecular weight excluding hydrogens is 329 g/mol. The van der Waals surface area contributed by atoms with Gasteiger partial charge in [-0.2, -0.15) is 0 Å². The molecule has 1 atom stereocenters. The van der Waals surface area contributed by atoms with E-state index in [9.17, 15) is 18.8 Å². The first-order valence-corrected chi connectivity index (χ1v) is 7.62. The topological polar surface area (TPSA) is 82.3 Å². The average molecular weight is 343 g/mol. The highest BCUT2D eigenvalue weighted by Crippen LogP contribution is 2.42. The number of nitrogens with one attached hydrogen (secondary N) is 1. The number of nitrogens with zero attached hydrogens (tertiary/aromatic N) is 2. The van der Waals surface area contributed by atoms with Crippen molar-refractivity contribution >= 4 is 11.8 Å². The number of carbonyl (C=O) groups is 1. The van der Waals surface area contributed by atoms with Crippen molar-refractivity contribution in [1.29, 1.82) is 0 Å². The fourth-order valence-corrected chi connectivity index (χ4v) is 3.40. The number of hydrogen-bond acceptors (Lipinski definition) is 5. The molecule has 0 fully saturated rings. The molecule has 0 spiro atoms. The second-order valence-corrected chi connectivity index (χ2v) is 6.05. The quantitative estimate of drug-likeness (QED) is 0.767. The summed E-state index contributed by atoms with van der Waals surface area (Å²) >= 11 is 0. The van der Waals surface area contributed by atoms with Crippen LogP contribution in [0.25, 0.3) is 0 Å². The summed E-state index contributed by atoms with van der Waals surface area (Å²) in [7, 11) is 2.89. The molecule has 0 radical (unpaired) electrons. The Hall–Kier alpha value is -3.16.